The summed E-state index contributed by atoms with van der Waals surface area (Å²) >= 11 is 0. The minimum atomic E-state index is 0.181. The molecule has 2 aromatic heterocycles. The summed E-state index contributed by atoms with van der Waals surface area (Å²) in [5.41, 5.74) is 3.94. The van der Waals surface area contributed by atoms with Gasteiger partial charge in [-0.25, -0.2) is 0 Å². The van der Waals surface area contributed by atoms with Gasteiger partial charge in [-0.1, -0.05) is 12.1 Å². The summed E-state index contributed by atoms with van der Waals surface area (Å²) in [6.45, 7) is 1.63. The third-order valence-corrected chi connectivity index (χ3v) is 5.62. The summed E-state index contributed by atoms with van der Waals surface area (Å²) in [5, 5.41) is 0. The van der Waals surface area contributed by atoms with Crippen LogP contribution in [0.15, 0.2) is 54.9 Å². The Morgan fingerprint density at radius 2 is 1.71 bits per heavy atom. The highest BCUT2D eigenvalue weighted by atomic mass is 16.5. The molecule has 0 N–H and O–H groups in total. The first kappa shape index (κ1) is 17.2. The molecular formula is C23H23N3O2. The SMILES string of the molecule is O=C(C1CC1)N1CCC(Oc2ccc(-c3cnc4cccnc4c3)cc2)CC1. The van der Waals surface area contributed by atoms with Gasteiger partial charge in [-0.15, -0.1) is 0 Å². The summed E-state index contributed by atoms with van der Waals surface area (Å²) < 4.78 is 6.15. The van der Waals surface area contributed by atoms with Crippen LogP contribution in [-0.4, -0.2) is 40.0 Å². The number of carbonyl (C=O) groups is 1. The molecule has 5 nitrogen and oxygen atoms in total. The summed E-state index contributed by atoms with van der Waals surface area (Å²) in [5.74, 6) is 1.54. The molecule has 1 amide bonds. The lowest BCUT2D eigenvalue weighted by molar-refractivity contribution is -0.134. The third kappa shape index (κ3) is 3.57. The summed E-state index contributed by atoms with van der Waals surface area (Å²) in [6.07, 6.45) is 7.80. The van der Waals surface area contributed by atoms with E-state index in [9.17, 15) is 4.79 Å². The van der Waals surface area contributed by atoms with Crippen molar-refractivity contribution in [2.45, 2.75) is 31.8 Å². The molecule has 1 aliphatic carbocycles. The van der Waals surface area contributed by atoms with E-state index in [4.69, 9.17) is 4.74 Å². The smallest absolute Gasteiger partial charge is 0.225 e. The number of rotatable bonds is 4. The standard InChI is InChI=1S/C23H23N3O2/c27-23(17-3-4-17)26-12-9-20(10-13-26)28-19-7-5-16(6-8-19)18-14-22-21(25-15-18)2-1-11-24-22/h1-2,5-8,11,14-15,17,20H,3-4,9-10,12-13H2. The van der Waals surface area contributed by atoms with Gasteiger partial charge in [0, 0.05) is 49.8 Å². The fourth-order valence-corrected chi connectivity index (χ4v) is 3.81. The molecule has 1 saturated carbocycles. The number of piperidine rings is 1. The van der Waals surface area contributed by atoms with E-state index in [1.165, 1.54) is 0 Å². The number of fused-ring (bicyclic) bond motifs is 1. The molecular weight excluding hydrogens is 350 g/mol. The van der Waals surface area contributed by atoms with Crippen LogP contribution in [0.3, 0.4) is 0 Å². The maximum absolute atomic E-state index is 12.2. The van der Waals surface area contributed by atoms with Gasteiger partial charge in [0.25, 0.3) is 0 Å². The molecule has 3 aromatic rings. The Morgan fingerprint density at radius 1 is 0.929 bits per heavy atom. The molecule has 2 aliphatic rings. The van der Waals surface area contributed by atoms with E-state index < -0.39 is 0 Å². The summed E-state index contributed by atoms with van der Waals surface area (Å²) in [6, 6.07) is 14.1. The number of likely N-dealkylation sites (tertiary alicyclic amines) is 1. The average molecular weight is 373 g/mol. The van der Waals surface area contributed by atoms with Crippen molar-refractivity contribution in [3.05, 3.63) is 54.9 Å². The van der Waals surface area contributed by atoms with E-state index in [0.29, 0.717) is 11.8 Å². The Bertz CT molecular complexity index is 990. The number of aromatic nitrogens is 2. The van der Waals surface area contributed by atoms with E-state index in [1.54, 1.807) is 6.20 Å². The predicted molar refractivity (Wildman–Crippen MR) is 108 cm³/mol. The van der Waals surface area contributed by atoms with Crippen molar-refractivity contribution in [3.63, 3.8) is 0 Å². The first-order valence-electron chi connectivity index (χ1n) is 10.0. The van der Waals surface area contributed by atoms with Crippen LogP contribution in [0, 0.1) is 5.92 Å². The molecule has 0 spiro atoms. The molecule has 3 heterocycles. The van der Waals surface area contributed by atoms with Crippen molar-refractivity contribution >= 4 is 16.9 Å². The Hall–Kier alpha value is -2.95. The number of hydrogen-bond acceptors (Lipinski definition) is 4. The number of amides is 1. The second-order valence-electron chi connectivity index (χ2n) is 7.71. The summed E-state index contributed by atoms with van der Waals surface area (Å²) in [7, 11) is 0. The molecule has 1 aromatic carbocycles. The van der Waals surface area contributed by atoms with Gasteiger partial charge in [-0.2, -0.15) is 0 Å². The van der Waals surface area contributed by atoms with Crippen molar-refractivity contribution in [1.29, 1.82) is 0 Å². The van der Waals surface area contributed by atoms with Crippen molar-refractivity contribution < 1.29 is 9.53 Å². The minimum absolute atomic E-state index is 0.181. The third-order valence-electron chi connectivity index (χ3n) is 5.62. The highest BCUT2D eigenvalue weighted by Gasteiger charge is 2.35. The monoisotopic (exact) mass is 373 g/mol. The average Bonchev–Trinajstić information content (AvgIpc) is 3.59. The molecule has 1 aliphatic heterocycles. The maximum atomic E-state index is 12.2. The van der Waals surface area contributed by atoms with Crippen LogP contribution in [-0.2, 0) is 4.79 Å². The minimum Gasteiger partial charge on any atom is -0.490 e. The van der Waals surface area contributed by atoms with Gasteiger partial charge >= 0.3 is 0 Å². The van der Waals surface area contributed by atoms with Gasteiger partial charge < -0.3 is 9.64 Å². The lowest BCUT2D eigenvalue weighted by Gasteiger charge is -2.32. The zero-order valence-electron chi connectivity index (χ0n) is 15.8. The molecule has 0 unspecified atom stereocenters. The highest BCUT2D eigenvalue weighted by molar-refractivity contribution is 5.81. The number of hydrogen-bond donors (Lipinski definition) is 0. The van der Waals surface area contributed by atoms with Crippen molar-refractivity contribution in [2.24, 2.45) is 5.92 Å². The lowest BCUT2D eigenvalue weighted by atomic mass is 10.1. The second-order valence-corrected chi connectivity index (χ2v) is 7.71. The Kier molecular flexibility index (Phi) is 4.43. The Morgan fingerprint density at radius 3 is 2.46 bits per heavy atom. The van der Waals surface area contributed by atoms with Gasteiger partial charge in [0.1, 0.15) is 11.9 Å². The molecule has 5 rings (SSSR count). The van der Waals surface area contributed by atoms with Crippen LogP contribution >= 0.6 is 0 Å². The first-order valence-corrected chi connectivity index (χ1v) is 10.0. The second kappa shape index (κ2) is 7.23. The first-order chi connectivity index (χ1) is 13.8. The van der Waals surface area contributed by atoms with Gasteiger partial charge in [0.05, 0.1) is 11.0 Å². The largest absolute Gasteiger partial charge is 0.490 e. The lowest BCUT2D eigenvalue weighted by Crippen LogP contribution is -2.42. The van der Waals surface area contributed by atoms with Crippen LogP contribution in [0.4, 0.5) is 0 Å². The maximum Gasteiger partial charge on any atom is 0.225 e. The van der Waals surface area contributed by atoms with Crippen molar-refractivity contribution in [3.8, 4) is 16.9 Å². The number of nitrogens with zero attached hydrogens (tertiary/aromatic N) is 3. The predicted octanol–water partition coefficient (Wildman–Crippen LogP) is 4.08. The van der Waals surface area contributed by atoms with Crippen molar-refractivity contribution in [2.75, 3.05) is 13.1 Å². The van der Waals surface area contributed by atoms with E-state index in [0.717, 1.165) is 66.7 Å². The number of benzene rings is 1. The normalized spacial score (nSPS) is 17.6. The molecule has 0 radical (unpaired) electrons. The van der Waals surface area contributed by atoms with E-state index in [2.05, 4.69) is 28.2 Å². The van der Waals surface area contributed by atoms with Crippen LogP contribution < -0.4 is 4.74 Å². The Labute approximate surface area is 164 Å². The van der Waals surface area contributed by atoms with Gasteiger partial charge in [0.15, 0.2) is 0 Å². The van der Waals surface area contributed by atoms with E-state index >= 15 is 0 Å². The molecule has 28 heavy (non-hydrogen) atoms. The topological polar surface area (TPSA) is 55.3 Å². The van der Waals surface area contributed by atoms with Crippen LogP contribution in [0.25, 0.3) is 22.2 Å². The van der Waals surface area contributed by atoms with Gasteiger partial charge in [-0.05, 0) is 48.7 Å². The van der Waals surface area contributed by atoms with Crippen LogP contribution in [0.2, 0.25) is 0 Å². The summed E-state index contributed by atoms with van der Waals surface area (Å²) in [4.78, 5) is 23.0. The molecule has 2 fully saturated rings. The number of ether oxygens (including phenoxy) is 1. The van der Waals surface area contributed by atoms with Gasteiger partial charge in [0.2, 0.25) is 5.91 Å². The molecule has 142 valence electrons. The quantitative estimate of drug-likeness (QED) is 0.692. The fraction of sp³-hybridized carbons (Fsp3) is 0.348. The molecule has 0 atom stereocenters. The number of pyridine rings is 2. The zero-order valence-corrected chi connectivity index (χ0v) is 15.8. The fourth-order valence-electron chi connectivity index (χ4n) is 3.81. The van der Waals surface area contributed by atoms with E-state index in [1.807, 2.05) is 35.4 Å². The van der Waals surface area contributed by atoms with Crippen LogP contribution in [0.5, 0.6) is 5.75 Å². The highest BCUT2D eigenvalue weighted by Crippen LogP contribution is 2.32. The van der Waals surface area contributed by atoms with E-state index in [-0.39, 0.29) is 6.10 Å². The Balaban J connectivity index is 1.22. The molecule has 0 bridgehead atoms. The van der Waals surface area contributed by atoms with Crippen molar-refractivity contribution in [1.82, 2.24) is 14.9 Å². The van der Waals surface area contributed by atoms with Crippen LogP contribution in [0.1, 0.15) is 25.7 Å². The molecule has 5 heteroatoms. The molecule has 1 saturated heterocycles. The zero-order chi connectivity index (χ0) is 18.9. The number of carbonyl (C=O) groups excluding carboxylic acids is 1. The van der Waals surface area contributed by atoms with Gasteiger partial charge in [-0.3, -0.25) is 14.8 Å².